The summed E-state index contributed by atoms with van der Waals surface area (Å²) in [6, 6.07) is 13.8. The highest BCUT2D eigenvalue weighted by atomic mass is 16.5. The molecule has 0 saturated carbocycles. The Kier molecular flexibility index (Phi) is 5.24. The highest BCUT2D eigenvalue weighted by Crippen LogP contribution is 2.23. The van der Waals surface area contributed by atoms with Crippen LogP contribution in [0.4, 0.5) is 11.6 Å². The number of benzene rings is 1. The Labute approximate surface area is 179 Å². The maximum Gasteiger partial charge on any atom is 0.256 e. The van der Waals surface area contributed by atoms with Gasteiger partial charge in [0.05, 0.1) is 19.4 Å². The summed E-state index contributed by atoms with van der Waals surface area (Å²) in [4.78, 5) is 15.5. The zero-order valence-electron chi connectivity index (χ0n) is 17.1. The fourth-order valence-corrected chi connectivity index (χ4v) is 3.47. The first-order valence-corrected chi connectivity index (χ1v) is 10.1. The number of aromatic nitrogens is 5. The van der Waals surface area contributed by atoms with Crippen LogP contribution in [0.3, 0.4) is 0 Å². The van der Waals surface area contributed by atoms with Crippen molar-refractivity contribution in [3.8, 4) is 11.4 Å². The summed E-state index contributed by atoms with van der Waals surface area (Å²) in [6.45, 7) is 4.94. The fourth-order valence-electron chi connectivity index (χ4n) is 3.47. The molecular formula is C22H22N8O. The molecule has 0 spiro atoms. The van der Waals surface area contributed by atoms with Gasteiger partial charge in [-0.1, -0.05) is 29.8 Å². The van der Waals surface area contributed by atoms with Crippen molar-refractivity contribution in [2.24, 2.45) is 5.10 Å². The van der Waals surface area contributed by atoms with E-state index in [1.54, 1.807) is 23.1 Å². The Hall–Kier alpha value is -3.85. The van der Waals surface area contributed by atoms with Gasteiger partial charge in [0.15, 0.2) is 11.6 Å². The largest absolute Gasteiger partial charge is 0.378 e. The summed E-state index contributed by atoms with van der Waals surface area (Å²) < 4.78 is 7.29. The number of hydrogen-bond donors (Lipinski definition) is 1. The van der Waals surface area contributed by atoms with Crippen LogP contribution in [-0.4, -0.2) is 57.1 Å². The van der Waals surface area contributed by atoms with Crippen molar-refractivity contribution >= 4 is 23.6 Å². The minimum Gasteiger partial charge on any atom is -0.378 e. The predicted molar refractivity (Wildman–Crippen MR) is 119 cm³/mol. The van der Waals surface area contributed by atoms with Crippen LogP contribution in [0, 0.1) is 6.92 Å². The van der Waals surface area contributed by atoms with Gasteiger partial charge in [-0.2, -0.15) is 19.6 Å². The van der Waals surface area contributed by atoms with E-state index in [-0.39, 0.29) is 0 Å². The van der Waals surface area contributed by atoms with Crippen LogP contribution in [-0.2, 0) is 4.74 Å². The molecular weight excluding hydrogens is 392 g/mol. The molecule has 0 bridgehead atoms. The van der Waals surface area contributed by atoms with E-state index in [0.29, 0.717) is 30.6 Å². The van der Waals surface area contributed by atoms with E-state index < -0.39 is 0 Å². The summed E-state index contributed by atoms with van der Waals surface area (Å²) in [5.74, 6) is 2.61. The fraction of sp³-hybridized carbons (Fsp3) is 0.227. The molecule has 1 aromatic carbocycles. The maximum atomic E-state index is 5.51. The minimum atomic E-state index is 0.504. The van der Waals surface area contributed by atoms with Gasteiger partial charge in [0.2, 0.25) is 0 Å². The minimum absolute atomic E-state index is 0.504. The van der Waals surface area contributed by atoms with E-state index in [4.69, 9.17) is 9.84 Å². The summed E-state index contributed by atoms with van der Waals surface area (Å²) in [7, 11) is 0. The lowest BCUT2D eigenvalue weighted by atomic mass is 10.2. The second kappa shape index (κ2) is 8.49. The quantitative estimate of drug-likeness (QED) is 0.396. The SMILES string of the molecule is Cc1cccc(C=NNc2cc(N3CCOCC3)n3nc(-c4ccncc4)nc3n2)c1. The average molecular weight is 414 g/mol. The first-order valence-electron chi connectivity index (χ1n) is 10.1. The second-order valence-electron chi connectivity index (χ2n) is 7.27. The normalized spacial score (nSPS) is 14.4. The molecule has 0 aliphatic carbocycles. The molecule has 3 aromatic heterocycles. The smallest absolute Gasteiger partial charge is 0.256 e. The van der Waals surface area contributed by atoms with Gasteiger partial charge in [0.25, 0.3) is 5.78 Å². The number of nitrogens with zero attached hydrogens (tertiary/aromatic N) is 7. The maximum absolute atomic E-state index is 5.51. The van der Waals surface area contributed by atoms with Gasteiger partial charge in [-0.05, 0) is 24.6 Å². The van der Waals surface area contributed by atoms with Crippen LogP contribution in [0.25, 0.3) is 17.2 Å². The van der Waals surface area contributed by atoms with Gasteiger partial charge in [-0.3, -0.25) is 10.4 Å². The number of aryl methyl sites for hydroxylation is 1. The van der Waals surface area contributed by atoms with Crippen molar-refractivity contribution in [1.82, 2.24) is 24.6 Å². The van der Waals surface area contributed by atoms with Crippen molar-refractivity contribution in [2.45, 2.75) is 6.92 Å². The van der Waals surface area contributed by atoms with Crippen LogP contribution in [0.1, 0.15) is 11.1 Å². The molecule has 4 heterocycles. The molecule has 4 aromatic rings. The Morgan fingerprint density at radius 2 is 1.90 bits per heavy atom. The number of fused-ring (bicyclic) bond motifs is 1. The van der Waals surface area contributed by atoms with Crippen LogP contribution < -0.4 is 10.3 Å². The number of morpholine rings is 1. The van der Waals surface area contributed by atoms with E-state index in [9.17, 15) is 0 Å². The number of hydrazone groups is 1. The zero-order chi connectivity index (χ0) is 21.0. The summed E-state index contributed by atoms with van der Waals surface area (Å²) in [5.41, 5.74) is 6.14. The van der Waals surface area contributed by atoms with Crippen molar-refractivity contribution in [2.75, 3.05) is 36.6 Å². The predicted octanol–water partition coefficient (Wildman–Crippen LogP) is 2.78. The molecule has 0 unspecified atom stereocenters. The first kappa shape index (κ1) is 19.1. The average Bonchev–Trinajstić information content (AvgIpc) is 3.24. The van der Waals surface area contributed by atoms with Crippen LogP contribution in [0.5, 0.6) is 0 Å². The molecule has 9 heteroatoms. The molecule has 1 aliphatic rings. The summed E-state index contributed by atoms with van der Waals surface area (Å²) in [5, 5.41) is 9.07. The zero-order valence-corrected chi connectivity index (χ0v) is 17.1. The summed E-state index contributed by atoms with van der Waals surface area (Å²) >= 11 is 0. The van der Waals surface area contributed by atoms with E-state index in [0.717, 1.165) is 30.0 Å². The van der Waals surface area contributed by atoms with Crippen molar-refractivity contribution in [3.05, 3.63) is 66.0 Å². The lowest BCUT2D eigenvalue weighted by Gasteiger charge is -2.28. The highest BCUT2D eigenvalue weighted by molar-refractivity contribution is 5.80. The lowest BCUT2D eigenvalue weighted by Crippen LogP contribution is -2.37. The number of nitrogens with one attached hydrogen (secondary N) is 1. The molecule has 9 nitrogen and oxygen atoms in total. The van der Waals surface area contributed by atoms with E-state index in [2.05, 4.69) is 49.4 Å². The number of ether oxygens (including phenoxy) is 1. The van der Waals surface area contributed by atoms with Gasteiger partial charge in [0.1, 0.15) is 5.82 Å². The third kappa shape index (κ3) is 4.22. The lowest BCUT2D eigenvalue weighted by molar-refractivity contribution is 0.122. The number of hydrogen-bond acceptors (Lipinski definition) is 8. The first-order chi connectivity index (χ1) is 15.3. The molecule has 0 atom stereocenters. The Morgan fingerprint density at radius 1 is 1.06 bits per heavy atom. The molecule has 1 N–H and O–H groups in total. The Morgan fingerprint density at radius 3 is 2.71 bits per heavy atom. The molecule has 31 heavy (non-hydrogen) atoms. The van der Waals surface area contributed by atoms with Gasteiger partial charge in [-0.25, -0.2) is 0 Å². The molecule has 1 fully saturated rings. The Bertz CT molecular complexity index is 1210. The summed E-state index contributed by atoms with van der Waals surface area (Å²) in [6.07, 6.45) is 5.23. The topological polar surface area (TPSA) is 92.8 Å². The van der Waals surface area contributed by atoms with E-state index in [1.165, 1.54) is 5.56 Å². The molecule has 1 aliphatic heterocycles. The molecule has 0 radical (unpaired) electrons. The third-order valence-corrected chi connectivity index (χ3v) is 5.00. The van der Waals surface area contributed by atoms with Gasteiger partial charge in [-0.15, -0.1) is 5.10 Å². The highest BCUT2D eigenvalue weighted by Gasteiger charge is 2.19. The molecule has 5 rings (SSSR count). The molecule has 1 saturated heterocycles. The standard InChI is InChI=1S/C22H22N8O/c1-16-3-2-4-17(13-16)15-24-27-19-14-20(29-9-11-31-12-10-29)30-22(25-19)26-21(28-30)18-5-7-23-8-6-18/h2-8,13-15H,9-12H2,1H3,(H,25,26,27,28). The number of anilines is 2. The van der Waals surface area contributed by atoms with Crippen molar-refractivity contribution < 1.29 is 4.74 Å². The van der Waals surface area contributed by atoms with Crippen LogP contribution in [0.15, 0.2) is 60.0 Å². The Balaban J connectivity index is 1.50. The monoisotopic (exact) mass is 414 g/mol. The second-order valence-corrected chi connectivity index (χ2v) is 7.27. The van der Waals surface area contributed by atoms with E-state index >= 15 is 0 Å². The number of pyridine rings is 1. The van der Waals surface area contributed by atoms with Crippen molar-refractivity contribution in [1.29, 1.82) is 0 Å². The van der Waals surface area contributed by atoms with Gasteiger partial charge >= 0.3 is 0 Å². The van der Waals surface area contributed by atoms with Crippen LogP contribution in [0.2, 0.25) is 0 Å². The van der Waals surface area contributed by atoms with Crippen LogP contribution >= 0.6 is 0 Å². The number of rotatable bonds is 5. The molecule has 0 amide bonds. The molecule has 156 valence electrons. The van der Waals surface area contributed by atoms with Gasteiger partial charge < -0.3 is 9.64 Å². The van der Waals surface area contributed by atoms with E-state index in [1.807, 2.05) is 30.3 Å². The van der Waals surface area contributed by atoms with Gasteiger partial charge in [0, 0.05) is 37.1 Å². The van der Waals surface area contributed by atoms with Crippen molar-refractivity contribution in [3.63, 3.8) is 0 Å². The third-order valence-electron chi connectivity index (χ3n) is 5.00.